The Morgan fingerprint density at radius 2 is 1.70 bits per heavy atom. The van der Waals surface area contributed by atoms with Gasteiger partial charge in [0.1, 0.15) is 6.29 Å². The standard InChI is InChI=1S/C18H23O4P/c1-3-21-23(20,22-4-2)18(13-8-14-19)17-12-7-10-15-9-5-6-11-16(15)17/h5-7,9-12,14,18H,3-4,8,13H2,1-2H3. The minimum absolute atomic E-state index is 0.305. The van der Waals surface area contributed by atoms with Crippen LogP contribution >= 0.6 is 7.60 Å². The van der Waals surface area contributed by atoms with Gasteiger partial charge in [0.15, 0.2) is 0 Å². The van der Waals surface area contributed by atoms with Gasteiger partial charge < -0.3 is 13.8 Å². The number of fused-ring (bicyclic) bond motifs is 1. The van der Waals surface area contributed by atoms with Crippen molar-refractivity contribution in [1.82, 2.24) is 0 Å². The number of benzene rings is 2. The lowest BCUT2D eigenvalue weighted by atomic mass is 10.00. The molecule has 0 spiro atoms. The molecule has 0 radical (unpaired) electrons. The Labute approximate surface area is 137 Å². The first kappa shape index (κ1) is 17.9. The molecule has 0 N–H and O–H groups in total. The Morgan fingerprint density at radius 1 is 1.04 bits per heavy atom. The molecule has 4 nitrogen and oxygen atoms in total. The van der Waals surface area contributed by atoms with Crippen molar-refractivity contribution in [2.24, 2.45) is 0 Å². The third kappa shape index (κ3) is 4.08. The van der Waals surface area contributed by atoms with Gasteiger partial charge in [0.2, 0.25) is 0 Å². The Balaban J connectivity index is 2.56. The van der Waals surface area contributed by atoms with Gasteiger partial charge in [-0.2, -0.15) is 0 Å². The molecule has 1 atom stereocenters. The summed E-state index contributed by atoms with van der Waals surface area (Å²) in [5, 5.41) is 2.09. The van der Waals surface area contributed by atoms with Crippen LogP contribution in [0.3, 0.4) is 0 Å². The van der Waals surface area contributed by atoms with Crippen LogP contribution in [-0.2, 0) is 18.4 Å². The molecule has 0 aliphatic carbocycles. The summed E-state index contributed by atoms with van der Waals surface area (Å²) < 4.78 is 24.4. The van der Waals surface area contributed by atoms with Gasteiger partial charge in [-0.1, -0.05) is 42.5 Å². The minimum atomic E-state index is -3.34. The molecular formula is C18H23O4P. The maximum atomic E-state index is 13.3. The summed E-state index contributed by atoms with van der Waals surface area (Å²) in [4.78, 5) is 10.9. The first-order valence-corrected chi connectivity index (χ1v) is 9.57. The van der Waals surface area contributed by atoms with Gasteiger partial charge >= 0.3 is 7.60 Å². The number of hydrogen-bond acceptors (Lipinski definition) is 4. The highest BCUT2D eigenvalue weighted by Crippen LogP contribution is 2.63. The largest absolute Gasteiger partial charge is 0.338 e. The molecule has 0 saturated heterocycles. The van der Waals surface area contributed by atoms with E-state index in [4.69, 9.17) is 9.05 Å². The van der Waals surface area contributed by atoms with Crippen molar-refractivity contribution in [3.8, 4) is 0 Å². The molecule has 0 aliphatic heterocycles. The SMILES string of the molecule is CCOP(=O)(OCC)C(CCC=O)c1cccc2ccccc12. The number of aldehydes is 1. The van der Waals surface area contributed by atoms with E-state index >= 15 is 0 Å². The molecule has 0 amide bonds. The Kier molecular flexibility index (Phi) is 6.52. The third-order valence-corrected chi connectivity index (χ3v) is 6.28. The Hall–Kier alpha value is -1.48. The molecule has 0 aromatic heterocycles. The maximum absolute atomic E-state index is 13.3. The van der Waals surface area contributed by atoms with Crippen LogP contribution in [0.4, 0.5) is 0 Å². The van der Waals surface area contributed by atoms with Crippen LogP contribution in [0.1, 0.15) is 37.9 Å². The Morgan fingerprint density at radius 3 is 2.35 bits per heavy atom. The smallest absolute Gasteiger partial charge is 0.308 e. The van der Waals surface area contributed by atoms with Gasteiger partial charge in [0.25, 0.3) is 0 Å². The summed E-state index contributed by atoms with van der Waals surface area (Å²) in [5.74, 6) is 0. The van der Waals surface area contributed by atoms with Crippen LogP contribution in [0.5, 0.6) is 0 Å². The fourth-order valence-corrected chi connectivity index (χ4v) is 5.01. The number of rotatable bonds is 9. The van der Waals surface area contributed by atoms with Crippen molar-refractivity contribution in [3.05, 3.63) is 48.0 Å². The molecule has 0 bridgehead atoms. The maximum Gasteiger partial charge on any atom is 0.338 e. The molecule has 0 aliphatic rings. The third-order valence-electron chi connectivity index (χ3n) is 3.74. The molecule has 2 aromatic carbocycles. The van der Waals surface area contributed by atoms with Crippen molar-refractivity contribution in [3.63, 3.8) is 0 Å². The van der Waals surface area contributed by atoms with E-state index in [9.17, 15) is 9.36 Å². The average Bonchev–Trinajstić information content (AvgIpc) is 2.56. The van der Waals surface area contributed by atoms with E-state index in [-0.39, 0.29) is 0 Å². The molecule has 0 heterocycles. The fourth-order valence-electron chi connectivity index (χ4n) is 2.83. The summed E-state index contributed by atoms with van der Waals surface area (Å²) in [7, 11) is -3.34. The minimum Gasteiger partial charge on any atom is -0.308 e. The summed E-state index contributed by atoms with van der Waals surface area (Å²) >= 11 is 0. The highest BCUT2D eigenvalue weighted by atomic mass is 31.2. The lowest BCUT2D eigenvalue weighted by molar-refractivity contribution is -0.107. The van der Waals surface area contributed by atoms with Crippen molar-refractivity contribution in [2.45, 2.75) is 32.3 Å². The van der Waals surface area contributed by atoms with Gasteiger partial charge in [-0.3, -0.25) is 4.57 Å². The second-order valence-corrected chi connectivity index (χ2v) is 7.42. The molecule has 124 valence electrons. The lowest BCUT2D eigenvalue weighted by Crippen LogP contribution is -2.08. The van der Waals surface area contributed by atoms with Crippen LogP contribution in [0.2, 0.25) is 0 Å². The van der Waals surface area contributed by atoms with Gasteiger partial charge in [-0.25, -0.2) is 0 Å². The van der Waals surface area contributed by atoms with Gasteiger partial charge in [0.05, 0.1) is 18.9 Å². The van der Waals surface area contributed by atoms with Crippen LogP contribution in [0.15, 0.2) is 42.5 Å². The van der Waals surface area contributed by atoms with Crippen molar-refractivity contribution >= 4 is 24.7 Å². The molecule has 0 saturated carbocycles. The molecule has 0 fully saturated rings. The van der Waals surface area contributed by atoms with Gasteiger partial charge in [0, 0.05) is 6.42 Å². The molecule has 23 heavy (non-hydrogen) atoms. The first-order valence-electron chi connectivity index (χ1n) is 7.96. The van der Waals surface area contributed by atoms with Gasteiger partial charge in [-0.15, -0.1) is 0 Å². The molecule has 5 heteroatoms. The van der Waals surface area contributed by atoms with Crippen molar-refractivity contribution < 1.29 is 18.4 Å². The van der Waals surface area contributed by atoms with Crippen LogP contribution < -0.4 is 0 Å². The van der Waals surface area contributed by atoms with E-state index in [0.29, 0.717) is 26.1 Å². The van der Waals surface area contributed by atoms with E-state index in [1.54, 1.807) is 13.8 Å². The number of carbonyl (C=O) groups excluding carboxylic acids is 1. The number of carbonyl (C=O) groups is 1. The second kappa shape index (κ2) is 8.39. The van der Waals surface area contributed by atoms with E-state index in [2.05, 4.69) is 0 Å². The summed E-state index contributed by atoms with van der Waals surface area (Å²) in [6.07, 6.45) is 1.60. The quantitative estimate of drug-likeness (QED) is 0.471. The molecule has 2 rings (SSSR count). The average molecular weight is 334 g/mol. The van der Waals surface area contributed by atoms with E-state index in [1.807, 2.05) is 42.5 Å². The van der Waals surface area contributed by atoms with Crippen molar-refractivity contribution in [2.75, 3.05) is 13.2 Å². The summed E-state index contributed by atoms with van der Waals surface area (Å²) in [6.45, 7) is 4.20. The first-order chi connectivity index (χ1) is 11.2. The van der Waals surface area contributed by atoms with E-state index in [1.165, 1.54) is 0 Å². The molecule has 2 aromatic rings. The lowest BCUT2D eigenvalue weighted by Gasteiger charge is -2.27. The summed E-state index contributed by atoms with van der Waals surface area (Å²) in [5.41, 5.74) is 0.467. The summed E-state index contributed by atoms with van der Waals surface area (Å²) in [6, 6.07) is 13.8. The Bertz CT molecular complexity index is 683. The van der Waals surface area contributed by atoms with Crippen molar-refractivity contribution in [1.29, 1.82) is 0 Å². The van der Waals surface area contributed by atoms with E-state index < -0.39 is 13.3 Å². The highest BCUT2D eigenvalue weighted by molar-refractivity contribution is 7.54. The zero-order valence-electron chi connectivity index (χ0n) is 13.6. The topological polar surface area (TPSA) is 52.6 Å². The predicted octanol–water partition coefficient (Wildman–Crippen LogP) is 5.13. The monoisotopic (exact) mass is 334 g/mol. The highest BCUT2D eigenvalue weighted by Gasteiger charge is 2.37. The van der Waals surface area contributed by atoms with Crippen LogP contribution in [0.25, 0.3) is 10.8 Å². The van der Waals surface area contributed by atoms with Crippen LogP contribution in [-0.4, -0.2) is 19.5 Å². The molecule has 1 unspecified atom stereocenters. The van der Waals surface area contributed by atoms with E-state index in [0.717, 1.165) is 22.6 Å². The second-order valence-electron chi connectivity index (χ2n) is 5.20. The zero-order valence-corrected chi connectivity index (χ0v) is 14.5. The van der Waals surface area contributed by atoms with Gasteiger partial charge in [-0.05, 0) is 36.6 Å². The predicted molar refractivity (Wildman–Crippen MR) is 92.8 cm³/mol. The fraction of sp³-hybridized carbons (Fsp3) is 0.389. The van der Waals surface area contributed by atoms with Crippen LogP contribution in [0, 0.1) is 0 Å². The molecular weight excluding hydrogens is 311 g/mol. The number of hydrogen-bond donors (Lipinski definition) is 0. The normalized spacial score (nSPS) is 13.1. The zero-order chi connectivity index (χ0) is 16.7.